The highest BCUT2D eigenvalue weighted by atomic mass is 35.5. The van der Waals surface area contributed by atoms with E-state index in [4.69, 9.17) is 22.1 Å². The van der Waals surface area contributed by atoms with Crippen molar-refractivity contribution in [3.8, 4) is 5.75 Å². The van der Waals surface area contributed by atoms with E-state index in [2.05, 4.69) is 15.6 Å². The molecule has 1 aromatic heterocycles. The Hall–Kier alpha value is -1.99. The van der Waals surface area contributed by atoms with Crippen molar-refractivity contribution in [2.45, 2.75) is 6.92 Å². The van der Waals surface area contributed by atoms with Gasteiger partial charge >= 0.3 is 0 Å². The number of aromatic nitrogens is 1. The average molecular weight is 327 g/mol. The van der Waals surface area contributed by atoms with Gasteiger partial charge in [0.15, 0.2) is 5.13 Å². The fourth-order valence-corrected chi connectivity index (χ4v) is 2.76. The number of hydrogen-bond acceptors (Lipinski definition) is 6. The monoisotopic (exact) mass is 326 g/mol. The van der Waals surface area contributed by atoms with Crippen LogP contribution >= 0.6 is 22.9 Å². The number of nitrogens with zero attached hydrogens (tertiary/aromatic N) is 1. The Labute approximate surface area is 131 Å². The Morgan fingerprint density at radius 3 is 2.90 bits per heavy atom. The number of carbonyl (C=O) groups is 1. The number of methoxy groups -OCH3 is 1. The maximum Gasteiger partial charge on any atom is 0.269 e. The molecule has 0 aliphatic rings. The van der Waals surface area contributed by atoms with Crippen molar-refractivity contribution in [2.24, 2.45) is 0 Å². The Kier molecular flexibility index (Phi) is 4.87. The maximum atomic E-state index is 12.2. The summed E-state index contributed by atoms with van der Waals surface area (Å²) < 4.78 is 5.06. The van der Waals surface area contributed by atoms with Gasteiger partial charge in [-0.05, 0) is 25.1 Å². The van der Waals surface area contributed by atoms with Crippen LogP contribution in [-0.2, 0) is 0 Å². The number of rotatable bonds is 5. The van der Waals surface area contributed by atoms with Crippen LogP contribution in [0.15, 0.2) is 18.2 Å². The summed E-state index contributed by atoms with van der Waals surface area (Å²) in [5.74, 6) is 0.421. The Morgan fingerprint density at radius 2 is 2.29 bits per heavy atom. The molecule has 112 valence electrons. The molecule has 0 saturated heterocycles. The summed E-state index contributed by atoms with van der Waals surface area (Å²) in [6, 6.07) is 4.99. The Balaban J connectivity index is 2.16. The van der Waals surface area contributed by atoms with Crippen LogP contribution in [0.3, 0.4) is 0 Å². The van der Waals surface area contributed by atoms with Crippen molar-refractivity contribution in [3.63, 3.8) is 0 Å². The summed E-state index contributed by atoms with van der Waals surface area (Å²) in [4.78, 5) is 16.6. The van der Waals surface area contributed by atoms with Crippen molar-refractivity contribution < 1.29 is 9.53 Å². The van der Waals surface area contributed by atoms with Gasteiger partial charge in [-0.3, -0.25) is 4.79 Å². The summed E-state index contributed by atoms with van der Waals surface area (Å²) >= 11 is 7.22. The van der Waals surface area contributed by atoms with Gasteiger partial charge in [-0.25, -0.2) is 4.98 Å². The fraction of sp³-hybridized carbons (Fsp3) is 0.231. The number of hydrogen-bond donors (Lipinski definition) is 3. The maximum absolute atomic E-state index is 12.2. The molecular formula is C13H15ClN4O2S. The summed E-state index contributed by atoms with van der Waals surface area (Å²) in [6.45, 7) is 2.65. The minimum absolute atomic E-state index is 0.202. The van der Waals surface area contributed by atoms with E-state index in [1.54, 1.807) is 18.2 Å². The second kappa shape index (κ2) is 6.64. The first kappa shape index (κ1) is 15.4. The van der Waals surface area contributed by atoms with Crippen LogP contribution in [0, 0.1) is 0 Å². The predicted molar refractivity (Wildman–Crippen MR) is 86.6 cm³/mol. The normalized spacial score (nSPS) is 10.2. The molecule has 0 bridgehead atoms. The standard InChI is InChI=1S/C13H15ClN4O2S/c1-3-16-13-18-11(15)10(21-13)12(19)17-7-4-5-9(20-2)8(14)6-7/h4-6H,3,15H2,1-2H3,(H,16,18)(H,17,19). The highest BCUT2D eigenvalue weighted by Crippen LogP contribution is 2.29. The molecule has 2 rings (SSSR count). The molecular weight excluding hydrogens is 312 g/mol. The van der Waals surface area contributed by atoms with E-state index in [1.165, 1.54) is 18.4 Å². The molecule has 1 heterocycles. The molecule has 6 nitrogen and oxygen atoms in total. The lowest BCUT2D eigenvalue weighted by molar-refractivity contribution is 0.103. The van der Waals surface area contributed by atoms with Gasteiger partial charge in [0.2, 0.25) is 0 Å². The van der Waals surface area contributed by atoms with E-state index < -0.39 is 0 Å². The molecule has 1 aromatic carbocycles. The predicted octanol–water partition coefficient (Wildman–Crippen LogP) is 3.07. The first-order valence-corrected chi connectivity index (χ1v) is 7.39. The lowest BCUT2D eigenvalue weighted by Crippen LogP contribution is -2.12. The van der Waals surface area contributed by atoms with Gasteiger partial charge in [0.1, 0.15) is 16.4 Å². The lowest BCUT2D eigenvalue weighted by Gasteiger charge is -2.07. The number of benzene rings is 1. The molecule has 0 spiro atoms. The van der Waals surface area contributed by atoms with Crippen molar-refractivity contribution in [1.29, 1.82) is 0 Å². The SMILES string of the molecule is CCNc1nc(N)c(C(=O)Nc2ccc(OC)c(Cl)c2)s1. The molecule has 8 heteroatoms. The summed E-state index contributed by atoms with van der Waals surface area (Å²) in [6.07, 6.45) is 0. The summed E-state index contributed by atoms with van der Waals surface area (Å²) in [5.41, 5.74) is 6.31. The van der Waals surface area contributed by atoms with Gasteiger partial charge in [-0.15, -0.1) is 0 Å². The third-order valence-corrected chi connectivity index (χ3v) is 3.92. The number of ether oxygens (including phenoxy) is 1. The smallest absolute Gasteiger partial charge is 0.269 e. The Morgan fingerprint density at radius 1 is 1.52 bits per heavy atom. The number of halogens is 1. The van der Waals surface area contributed by atoms with Crippen LogP contribution in [0.25, 0.3) is 0 Å². The molecule has 21 heavy (non-hydrogen) atoms. The number of nitrogens with two attached hydrogens (primary N) is 1. The number of anilines is 3. The van der Waals surface area contributed by atoms with E-state index in [9.17, 15) is 4.79 Å². The molecule has 0 unspecified atom stereocenters. The zero-order chi connectivity index (χ0) is 15.4. The van der Waals surface area contributed by atoms with E-state index in [0.717, 1.165) is 0 Å². The molecule has 0 saturated carbocycles. The van der Waals surface area contributed by atoms with Crippen LogP contribution in [-0.4, -0.2) is 24.5 Å². The van der Waals surface area contributed by atoms with E-state index in [-0.39, 0.29) is 11.7 Å². The van der Waals surface area contributed by atoms with E-state index >= 15 is 0 Å². The van der Waals surface area contributed by atoms with Crippen LogP contribution in [0.5, 0.6) is 5.75 Å². The Bertz CT molecular complexity index is 660. The van der Waals surface area contributed by atoms with Crippen molar-refractivity contribution >= 4 is 45.5 Å². The molecule has 0 aliphatic carbocycles. The lowest BCUT2D eigenvalue weighted by atomic mass is 10.3. The van der Waals surface area contributed by atoms with E-state index in [0.29, 0.717) is 33.0 Å². The third kappa shape index (κ3) is 3.56. The number of carbonyl (C=O) groups excluding carboxylic acids is 1. The van der Waals surface area contributed by atoms with E-state index in [1.807, 2.05) is 6.92 Å². The van der Waals surface area contributed by atoms with Crippen molar-refractivity contribution in [2.75, 3.05) is 30.0 Å². The molecule has 0 radical (unpaired) electrons. The molecule has 2 aromatic rings. The second-order valence-electron chi connectivity index (χ2n) is 4.07. The quantitative estimate of drug-likeness (QED) is 0.785. The zero-order valence-corrected chi connectivity index (χ0v) is 13.1. The van der Waals surface area contributed by atoms with Gasteiger partial charge in [0.05, 0.1) is 12.1 Å². The van der Waals surface area contributed by atoms with Gasteiger partial charge in [-0.2, -0.15) is 0 Å². The number of nitrogens with one attached hydrogen (secondary N) is 2. The zero-order valence-electron chi connectivity index (χ0n) is 11.6. The van der Waals surface area contributed by atoms with Crippen LogP contribution in [0.1, 0.15) is 16.6 Å². The highest BCUT2D eigenvalue weighted by Gasteiger charge is 2.16. The second-order valence-corrected chi connectivity index (χ2v) is 5.47. The van der Waals surface area contributed by atoms with Gasteiger partial charge in [-0.1, -0.05) is 22.9 Å². The number of thiazole rings is 1. The third-order valence-electron chi connectivity index (χ3n) is 2.60. The molecule has 0 atom stereocenters. The molecule has 0 aliphatic heterocycles. The molecule has 1 amide bonds. The summed E-state index contributed by atoms with van der Waals surface area (Å²) in [5, 5.41) is 6.79. The van der Waals surface area contributed by atoms with Crippen molar-refractivity contribution in [3.05, 3.63) is 28.1 Å². The van der Waals surface area contributed by atoms with Crippen LogP contribution < -0.4 is 21.1 Å². The van der Waals surface area contributed by atoms with Gasteiger partial charge in [0.25, 0.3) is 5.91 Å². The van der Waals surface area contributed by atoms with Gasteiger partial charge in [0, 0.05) is 12.2 Å². The van der Waals surface area contributed by atoms with Crippen LogP contribution in [0.2, 0.25) is 5.02 Å². The van der Waals surface area contributed by atoms with Crippen molar-refractivity contribution in [1.82, 2.24) is 4.98 Å². The number of amides is 1. The fourth-order valence-electron chi connectivity index (χ4n) is 1.65. The summed E-state index contributed by atoms with van der Waals surface area (Å²) in [7, 11) is 1.53. The molecule has 4 N–H and O–H groups in total. The van der Waals surface area contributed by atoms with Crippen LogP contribution in [0.4, 0.5) is 16.6 Å². The minimum atomic E-state index is -0.324. The highest BCUT2D eigenvalue weighted by molar-refractivity contribution is 7.18. The number of nitrogen functional groups attached to an aromatic ring is 1. The average Bonchev–Trinajstić information content (AvgIpc) is 2.80. The largest absolute Gasteiger partial charge is 0.495 e. The first-order valence-electron chi connectivity index (χ1n) is 6.20. The topological polar surface area (TPSA) is 89.3 Å². The molecule has 0 fully saturated rings. The van der Waals surface area contributed by atoms with Gasteiger partial charge < -0.3 is 21.1 Å². The minimum Gasteiger partial charge on any atom is -0.495 e. The first-order chi connectivity index (χ1) is 10.0.